The number of aromatic nitrogens is 14. The smallest absolute Gasteiger partial charge is 0.263 e. The largest absolute Gasteiger partial charge is 0.382 e. The number of fused-ring (bicyclic) bond motifs is 6. The lowest BCUT2D eigenvalue weighted by atomic mass is 9.95. The van der Waals surface area contributed by atoms with Gasteiger partial charge in [-0.15, -0.1) is 0 Å². The maximum Gasteiger partial charge on any atom is 0.263 e. The van der Waals surface area contributed by atoms with Gasteiger partial charge in [0.25, 0.3) is 16.7 Å². The van der Waals surface area contributed by atoms with Gasteiger partial charge in [0.1, 0.15) is 28.6 Å². The van der Waals surface area contributed by atoms with Gasteiger partial charge in [-0.2, -0.15) is 15.0 Å². The van der Waals surface area contributed by atoms with Crippen LogP contribution in [0.5, 0.6) is 0 Å². The number of aryl methyl sites for hydroxylation is 3. The summed E-state index contributed by atoms with van der Waals surface area (Å²) in [6, 6.07) is 6.45. The highest BCUT2D eigenvalue weighted by Gasteiger charge is 2.37. The molecule has 2 unspecified atom stereocenters. The number of piperazine rings is 3. The quantitative estimate of drug-likeness (QED) is 0.0476. The Labute approximate surface area is 621 Å². The topological polar surface area (TPSA) is 360 Å². The van der Waals surface area contributed by atoms with Crippen molar-refractivity contribution in [3.05, 3.63) is 144 Å². The van der Waals surface area contributed by atoms with E-state index in [0.717, 1.165) is 189 Å². The van der Waals surface area contributed by atoms with Crippen LogP contribution in [0.1, 0.15) is 164 Å². The van der Waals surface area contributed by atoms with Gasteiger partial charge in [-0.05, 0) is 121 Å². The van der Waals surface area contributed by atoms with Crippen LogP contribution in [0.15, 0.2) is 98.9 Å². The van der Waals surface area contributed by atoms with E-state index in [2.05, 4.69) is 105 Å². The number of carbonyl (C=O) groups is 3. The summed E-state index contributed by atoms with van der Waals surface area (Å²) in [4.78, 5) is 134. The number of Topliss-reactive ketones (excluding diaryl/α,β-unsaturated/α-hetero) is 3. The lowest BCUT2D eigenvalue weighted by Gasteiger charge is -2.37. The van der Waals surface area contributed by atoms with Crippen LogP contribution in [0, 0.1) is 26.7 Å². The number of aromatic amines is 1. The van der Waals surface area contributed by atoms with Crippen LogP contribution in [-0.4, -0.2) is 181 Å². The molecular weight excluding hydrogens is 1370 g/mol. The fourth-order valence-electron chi connectivity index (χ4n) is 17.2. The summed E-state index contributed by atoms with van der Waals surface area (Å²) < 4.78 is 7.19. The maximum absolute atomic E-state index is 13.5. The van der Waals surface area contributed by atoms with Gasteiger partial charge in [0.15, 0.2) is 28.8 Å². The molecule has 6 fully saturated rings. The third kappa shape index (κ3) is 13.6. The zero-order chi connectivity index (χ0) is 74.4. The Morgan fingerprint density at radius 2 is 0.972 bits per heavy atom. The van der Waals surface area contributed by atoms with Gasteiger partial charge >= 0.3 is 0 Å². The molecule has 5 aliphatic heterocycles. The highest BCUT2D eigenvalue weighted by molar-refractivity contribution is 6.03. The fourth-order valence-corrected chi connectivity index (χ4v) is 17.2. The zero-order valence-electron chi connectivity index (χ0n) is 61.8. The highest BCUT2D eigenvalue weighted by atomic mass is 16.2. The van der Waals surface area contributed by atoms with Crippen LogP contribution in [0.3, 0.4) is 0 Å². The molecule has 108 heavy (non-hydrogen) atoms. The molecule has 18 rings (SSSR count). The summed E-state index contributed by atoms with van der Waals surface area (Å²) in [7, 11) is 0. The van der Waals surface area contributed by atoms with Crippen LogP contribution in [0.25, 0.3) is 49.8 Å². The Morgan fingerprint density at radius 1 is 0.509 bits per heavy atom. The third-order valence-electron chi connectivity index (χ3n) is 22.6. The monoisotopic (exact) mass is 1460 g/mol. The summed E-state index contributed by atoms with van der Waals surface area (Å²) in [6.45, 7) is 21.2. The van der Waals surface area contributed by atoms with Crippen molar-refractivity contribution in [2.24, 2.45) is 10.9 Å². The first kappa shape index (κ1) is 71.1. The highest BCUT2D eigenvalue weighted by Crippen LogP contribution is 2.37. The van der Waals surface area contributed by atoms with Crippen molar-refractivity contribution in [1.82, 2.24) is 94.1 Å². The van der Waals surface area contributed by atoms with Crippen LogP contribution >= 0.6 is 0 Å². The molecule has 14 heterocycles. The first-order valence-electron chi connectivity index (χ1n) is 38.0. The van der Waals surface area contributed by atoms with Crippen molar-refractivity contribution in [1.29, 1.82) is 0 Å². The van der Waals surface area contributed by atoms with Gasteiger partial charge in [0, 0.05) is 149 Å². The summed E-state index contributed by atoms with van der Waals surface area (Å²) in [5.74, 6) is 3.27. The van der Waals surface area contributed by atoms with Crippen molar-refractivity contribution < 1.29 is 14.4 Å². The molecular formula is C77H91N25O6. The van der Waals surface area contributed by atoms with Crippen molar-refractivity contribution in [3.63, 3.8) is 0 Å². The minimum atomic E-state index is -0.266. The number of nitrogens with zero attached hydrogens (tertiary/aromatic N) is 17. The number of rotatable bonds is 14. The molecule has 1 aromatic carbocycles. The molecule has 8 aliphatic rings. The molecule has 31 heteroatoms. The van der Waals surface area contributed by atoms with E-state index < -0.39 is 0 Å². The molecule has 31 nitrogen and oxygen atoms in total. The van der Waals surface area contributed by atoms with E-state index in [1.165, 1.54) is 32.2 Å². The molecule has 0 amide bonds. The Bertz CT molecular complexity index is 5480. The molecule has 560 valence electrons. The Kier molecular flexibility index (Phi) is 19.9. The number of imidazole rings is 2. The third-order valence-corrected chi connectivity index (χ3v) is 22.6. The van der Waals surface area contributed by atoms with Gasteiger partial charge in [-0.1, -0.05) is 44.6 Å². The number of benzene rings is 1. The van der Waals surface area contributed by atoms with Gasteiger partial charge in [-0.25, -0.2) is 34.9 Å². The average molecular weight is 1460 g/mol. The molecule has 0 bridgehead atoms. The van der Waals surface area contributed by atoms with Gasteiger partial charge in [-0.3, -0.25) is 52.2 Å². The van der Waals surface area contributed by atoms with E-state index in [9.17, 15) is 28.8 Å². The fraction of sp³-hybridized carbons (Fsp3) is 0.455. The number of pyridine rings is 3. The predicted octanol–water partition coefficient (Wildman–Crippen LogP) is 8.15. The SMILES string of the molecule is CC(=O)c1c(C)c2cnc(NC3=NC=C(N4CCNCC4)C4NC=CC34)nc2n(C2CCCC2)c1=O.CC(=O)c1c(C)c2cnc(Nc3nc4ccc(N5CCNCC5)cc4[nH]3)nc2n(C2CCCC2)c1=O.CC(=O)c1c(C)c2cnc(Nc3ncc(N4CCNCC4)n4ccnc34)nc2n(C2CCCC2)c1=O. The molecule has 0 spiro atoms. The normalized spacial score (nSPS) is 19.1. The molecule has 8 N–H and O–H groups in total. The lowest BCUT2D eigenvalue weighted by Crippen LogP contribution is -2.50. The van der Waals surface area contributed by atoms with Gasteiger partial charge < -0.3 is 51.6 Å². The number of amidine groups is 1. The summed E-state index contributed by atoms with van der Waals surface area (Å²) >= 11 is 0. The van der Waals surface area contributed by atoms with Crippen molar-refractivity contribution in [2.45, 2.75) is 143 Å². The minimum Gasteiger partial charge on any atom is -0.382 e. The Morgan fingerprint density at radius 3 is 1.46 bits per heavy atom. The second-order valence-electron chi connectivity index (χ2n) is 29.4. The number of ketones is 3. The van der Waals surface area contributed by atoms with Crippen LogP contribution in [-0.2, 0) is 0 Å². The summed E-state index contributed by atoms with van der Waals surface area (Å²) in [5.41, 5.74) is 8.33. The lowest BCUT2D eigenvalue weighted by molar-refractivity contribution is 0.100. The first-order valence-corrected chi connectivity index (χ1v) is 38.0. The van der Waals surface area contributed by atoms with E-state index in [1.807, 2.05) is 42.2 Å². The molecule has 3 aliphatic carbocycles. The number of hydrogen-bond donors (Lipinski definition) is 8. The molecule has 2 atom stereocenters. The van der Waals surface area contributed by atoms with Gasteiger partial charge in [0.05, 0.1) is 57.8 Å². The predicted molar refractivity (Wildman–Crippen MR) is 417 cm³/mol. The molecule has 10 aromatic rings. The van der Waals surface area contributed by atoms with Crippen LogP contribution in [0.4, 0.5) is 41.1 Å². The zero-order valence-corrected chi connectivity index (χ0v) is 61.8. The molecule has 9 aromatic heterocycles. The van der Waals surface area contributed by atoms with Crippen molar-refractivity contribution in [2.75, 3.05) is 104 Å². The van der Waals surface area contributed by atoms with E-state index in [4.69, 9.17) is 19.9 Å². The average Bonchev–Trinajstić information content (AvgIpc) is 1.19. The number of anilines is 7. The standard InChI is InChI=1S/C26H32N8O2.C26H30N8O2.C25H29N9O2/c1-15-19-13-30-26(32-24(19)34(17-5-3-4-6-17)25(36)21(15)16(2)35)31-23-18-7-8-28-22(18)20(14-29-23)33-11-9-27-10-12-33;1-15-19-14-28-25(31-23(19)34(17-5-3-4-6-17)24(36)22(15)16(2)35)32-26-29-20-8-7-18(13-21(20)30-26)33-11-9-27-10-12-33;1-15-18-13-29-25(31-22(18)34(17-5-3-4-6-17)24(36)20(15)16(2)35)30-21-23-27-9-12-33(23)19(14-28-21)32-10-7-26-8-11-32/h7-8,13-14,17-18,22,27-28H,3-6,9-12H2,1-2H3,(H,29,30,31,32);7-8,13-14,17,27H,3-6,9-12H2,1-2H3,(H2,28,29,30,31,32);9,12-14,17,26H,3-8,10-11H2,1-2H3,(H,28,29,30,31). The molecule has 3 saturated heterocycles. The molecule has 0 radical (unpaired) electrons. The minimum absolute atomic E-state index is 0.0249. The number of nitrogens with one attached hydrogen (secondary N) is 8. The first-order chi connectivity index (χ1) is 52.5. The summed E-state index contributed by atoms with van der Waals surface area (Å²) in [6.07, 6.45) is 28.4. The van der Waals surface area contributed by atoms with E-state index >= 15 is 0 Å². The van der Waals surface area contributed by atoms with Gasteiger partial charge in [0.2, 0.25) is 23.8 Å². The van der Waals surface area contributed by atoms with Crippen LogP contribution in [0.2, 0.25) is 0 Å². The maximum atomic E-state index is 13.5. The van der Waals surface area contributed by atoms with E-state index in [-0.39, 0.29) is 80.8 Å². The summed E-state index contributed by atoms with van der Waals surface area (Å²) in [5, 5.41) is 25.5. The Hall–Kier alpha value is -11.2. The van der Waals surface area contributed by atoms with E-state index in [1.54, 1.807) is 52.3 Å². The second-order valence-corrected chi connectivity index (χ2v) is 29.4. The van der Waals surface area contributed by atoms with Crippen LogP contribution < -0.4 is 63.7 Å². The Balaban J connectivity index is 0.000000124. The molecule has 3 saturated carbocycles. The number of H-pyrrole nitrogens is 1. The number of hydrogen-bond acceptors (Lipinski definition) is 26. The number of aliphatic imine (C=N–C) groups is 1. The van der Waals surface area contributed by atoms with Crippen molar-refractivity contribution >= 4 is 114 Å². The van der Waals surface area contributed by atoms with Crippen molar-refractivity contribution in [3.8, 4) is 0 Å². The second kappa shape index (κ2) is 30.2. The van der Waals surface area contributed by atoms with E-state index in [0.29, 0.717) is 74.3 Å². The number of carbonyl (C=O) groups excluding carboxylic acids is 3.